The van der Waals surface area contributed by atoms with Gasteiger partial charge in [0.25, 0.3) is 0 Å². The van der Waals surface area contributed by atoms with E-state index in [1.807, 2.05) is 6.92 Å². The van der Waals surface area contributed by atoms with E-state index in [9.17, 15) is 13.2 Å². The largest absolute Gasteiger partial charge is 0.445 e. The molecule has 1 aliphatic heterocycles. The van der Waals surface area contributed by atoms with Crippen molar-refractivity contribution in [3.63, 3.8) is 0 Å². The van der Waals surface area contributed by atoms with E-state index in [4.69, 9.17) is 4.74 Å². The first-order valence-electron chi connectivity index (χ1n) is 6.36. The molecule has 1 aliphatic rings. The summed E-state index contributed by atoms with van der Waals surface area (Å²) in [5.41, 5.74) is 0. The normalized spacial score (nSPS) is 22.8. The first kappa shape index (κ1) is 15.5. The van der Waals surface area contributed by atoms with E-state index in [1.165, 1.54) is 0 Å². The second-order valence-corrected chi connectivity index (χ2v) is 5.78. The van der Waals surface area contributed by atoms with Crippen LogP contribution in [-0.4, -0.2) is 53.5 Å². The lowest BCUT2D eigenvalue weighted by atomic mass is 10.2. The lowest BCUT2D eigenvalue weighted by Gasteiger charge is -2.37. The molecule has 2 heterocycles. The number of hydrogen-bond donors (Lipinski definition) is 1. The Balaban J connectivity index is 1.86. The van der Waals surface area contributed by atoms with Crippen LogP contribution in [0.5, 0.6) is 0 Å². The van der Waals surface area contributed by atoms with Crippen LogP contribution in [0.25, 0.3) is 0 Å². The monoisotopic (exact) mass is 310 g/mol. The SMILES string of the molecule is C[C@H](CNc1nnc(C(F)(F)F)s1)N1CCOC[C@H]1C. The number of alkyl halides is 3. The minimum absolute atomic E-state index is 0.187. The van der Waals surface area contributed by atoms with Crippen molar-refractivity contribution >= 4 is 16.5 Å². The van der Waals surface area contributed by atoms with Crippen LogP contribution < -0.4 is 5.32 Å². The first-order chi connectivity index (χ1) is 9.38. The van der Waals surface area contributed by atoms with Crippen LogP contribution in [0.15, 0.2) is 0 Å². The van der Waals surface area contributed by atoms with Gasteiger partial charge >= 0.3 is 6.18 Å². The van der Waals surface area contributed by atoms with E-state index in [0.717, 1.165) is 6.54 Å². The molecule has 1 saturated heterocycles. The first-order valence-corrected chi connectivity index (χ1v) is 7.17. The number of halogens is 3. The smallest absolute Gasteiger partial charge is 0.379 e. The summed E-state index contributed by atoms with van der Waals surface area (Å²) in [6.07, 6.45) is -4.43. The molecule has 1 aromatic rings. The number of morpholine rings is 1. The van der Waals surface area contributed by atoms with Crippen LogP contribution in [0.3, 0.4) is 0 Å². The summed E-state index contributed by atoms with van der Waals surface area (Å²) in [5.74, 6) is 0. The van der Waals surface area contributed by atoms with E-state index >= 15 is 0 Å². The predicted octanol–water partition coefficient (Wildman–Crippen LogP) is 2.08. The Morgan fingerprint density at radius 2 is 2.25 bits per heavy atom. The van der Waals surface area contributed by atoms with Gasteiger partial charge in [-0.15, -0.1) is 10.2 Å². The van der Waals surface area contributed by atoms with Crippen molar-refractivity contribution in [3.8, 4) is 0 Å². The summed E-state index contributed by atoms with van der Waals surface area (Å²) in [6, 6.07) is 0.493. The molecular weight excluding hydrogens is 293 g/mol. The third-order valence-corrected chi connectivity index (χ3v) is 4.13. The van der Waals surface area contributed by atoms with Crippen LogP contribution in [0.1, 0.15) is 18.9 Å². The number of nitrogens with zero attached hydrogens (tertiary/aromatic N) is 3. The number of rotatable bonds is 4. The van der Waals surface area contributed by atoms with Crippen molar-refractivity contribution in [2.45, 2.75) is 32.1 Å². The van der Waals surface area contributed by atoms with E-state index in [1.54, 1.807) is 0 Å². The molecule has 2 atom stereocenters. The highest BCUT2D eigenvalue weighted by molar-refractivity contribution is 7.15. The second-order valence-electron chi connectivity index (χ2n) is 4.80. The van der Waals surface area contributed by atoms with Gasteiger partial charge in [0.2, 0.25) is 10.1 Å². The molecule has 0 aromatic carbocycles. The zero-order chi connectivity index (χ0) is 14.8. The van der Waals surface area contributed by atoms with Gasteiger partial charge in [0.15, 0.2) is 0 Å². The molecule has 20 heavy (non-hydrogen) atoms. The van der Waals surface area contributed by atoms with Crippen molar-refractivity contribution in [2.24, 2.45) is 0 Å². The predicted molar refractivity (Wildman–Crippen MR) is 69.8 cm³/mol. The average molecular weight is 310 g/mol. The number of aromatic nitrogens is 2. The van der Waals surface area contributed by atoms with E-state index < -0.39 is 11.2 Å². The van der Waals surface area contributed by atoms with Crippen LogP contribution in [0, 0.1) is 0 Å². The van der Waals surface area contributed by atoms with Crippen LogP contribution in [-0.2, 0) is 10.9 Å². The van der Waals surface area contributed by atoms with Gasteiger partial charge in [0.1, 0.15) is 0 Å². The number of anilines is 1. The maximum absolute atomic E-state index is 12.4. The molecule has 2 rings (SSSR count). The highest BCUT2D eigenvalue weighted by atomic mass is 32.1. The molecule has 0 unspecified atom stereocenters. The fraction of sp³-hybridized carbons (Fsp3) is 0.818. The summed E-state index contributed by atoms with van der Waals surface area (Å²) in [4.78, 5) is 2.27. The van der Waals surface area contributed by atoms with E-state index in [2.05, 4.69) is 27.3 Å². The molecule has 0 saturated carbocycles. The van der Waals surface area contributed by atoms with Gasteiger partial charge in [-0.3, -0.25) is 4.90 Å². The number of ether oxygens (including phenoxy) is 1. The Kier molecular flexibility index (Phi) is 4.82. The van der Waals surface area contributed by atoms with Gasteiger partial charge < -0.3 is 10.1 Å². The molecule has 1 N–H and O–H groups in total. The molecule has 114 valence electrons. The molecule has 1 aromatic heterocycles. The van der Waals surface area contributed by atoms with Gasteiger partial charge in [-0.1, -0.05) is 11.3 Å². The Bertz CT molecular complexity index is 440. The van der Waals surface area contributed by atoms with Crippen molar-refractivity contribution in [1.82, 2.24) is 15.1 Å². The maximum atomic E-state index is 12.4. The molecule has 0 aliphatic carbocycles. The fourth-order valence-electron chi connectivity index (χ4n) is 2.16. The van der Waals surface area contributed by atoms with Crippen molar-refractivity contribution < 1.29 is 17.9 Å². The lowest BCUT2D eigenvalue weighted by Crippen LogP contribution is -2.50. The van der Waals surface area contributed by atoms with Crippen molar-refractivity contribution in [1.29, 1.82) is 0 Å². The second kappa shape index (κ2) is 6.23. The molecule has 9 heteroatoms. The average Bonchev–Trinajstić information content (AvgIpc) is 2.85. The number of nitrogens with one attached hydrogen (secondary N) is 1. The van der Waals surface area contributed by atoms with Gasteiger partial charge in [-0.2, -0.15) is 13.2 Å². The Hall–Kier alpha value is -0.930. The summed E-state index contributed by atoms with van der Waals surface area (Å²) >= 11 is 0.528. The van der Waals surface area contributed by atoms with Gasteiger partial charge in [-0.05, 0) is 13.8 Å². The van der Waals surface area contributed by atoms with Gasteiger partial charge in [0.05, 0.1) is 13.2 Å². The van der Waals surface area contributed by atoms with Crippen LogP contribution in [0.4, 0.5) is 18.3 Å². The topological polar surface area (TPSA) is 50.3 Å². The molecule has 5 nitrogen and oxygen atoms in total. The quantitative estimate of drug-likeness (QED) is 0.923. The Labute approximate surface area is 119 Å². The summed E-state index contributed by atoms with van der Waals surface area (Å²) in [7, 11) is 0. The molecule has 0 amide bonds. The third-order valence-electron chi connectivity index (χ3n) is 3.20. The van der Waals surface area contributed by atoms with Crippen LogP contribution in [0.2, 0.25) is 0 Å². The zero-order valence-corrected chi connectivity index (χ0v) is 12.1. The Morgan fingerprint density at radius 1 is 1.50 bits per heavy atom. The minimum atomic E-state index is -4.43. The van der Waals surface area contributed by atoms with Crippen molar-refractivity contribution in [2.75, 3.05) is 31.6 Å². The summed E-state index contributed by atoms with van der Waals surface area (Å²) in [5, 5.41) is 8.85. The highest BCUT2D eigenvalue weighted by Crippen LogP contribution is 2.32. The zero-order valence-electron chi connectivity index (χ0n) is 11.3. The molecular formula is C11H17F3N4OS. The number of hydrogen-bond acceptors (Lipinski definition) is 6. The highest BCUT2D eigenvalue weighted by Gasteiger charge is 2.35. The molecule has 0 bridgehead atoms. The fourth-order valence-corrected chi connectivity index (χ4v) is 2.77. The van der Waals surface area contributed by atoms with Crippen molar-refractivity contribution in [3.05, 3.63) is 5.01 Å². The van der Waals surface area contributed by atoms with E-state index in [-0.39, 0.29) is 11.2 Å². The maximum Gasteiger partial charge on any atom is 0.445 e. The summed E-state index contributed by atoms with van der Waals surface area (Å²) < 4.78 is 42.6. The third kappa shape index (κ3) is 3.80. The molecule has 0 spiro atoms. The van der Waals surface area contributed by atoms with E-state index in [0.29, 0.717) is 37.1 Å². The molecule has 1 fully saturated rings. The summed E-state index contributed by atoms with van der Waals surface area (Å²) in [6.45, 7) is 6.82. The van der Waals surface area contributed by atoms with Crippen LogP contribution >= 0.6 is 11.3 Å². The van der Waals surface area contributed by atoms with Gasteiger partial charge in [0, 0.05) is 25.2 Å². The lowest BCUT2D eigenvalue weighted by molar-refractivity contribution is -0.138. The molecule has 0 radical (unpaired) electrons. The minimum Gasteiger partial charge on any atom is -0.379 e. The standard InChI is InChI=1S/C11H17F3N4OS/c1-7(18-3-4-19-6-8(18)2)5-15-10-17-16-9(20-10)11(12,13)14/h7-8H,3-6H2,1-2H3,(H,15,17)/t7-,8-/m1/s1. The Morgan fingerprint density at radius 3 is 2.85 bits per heavy atom. The van der Waals surface area contributed by atoms with Gasteiger partial charge in [-0.25, -0.2) is 0 Å².